The van der Waals surface area contributed by atoms with Crippen molar-refractivity contribution in [3.05, 3.63) is 81.1 Å². The number of amides is 1. The third kappa shape index (κ3) is 11.1. The van der Waals surface area contributed by atoms with Crippen LogP contribution >= 0.6 is 11.3 Å². The van der Waals surface area contributed by atoms with Gasteiger partial charge in [-0.05, 0) is 68.1 Å². The van der Waals surface area contributed by atoms with Gasteiger partial charge in [0.05, 0.1) is 20.3 Å². The van der Waals surface area contributed by atoms with Gasteiger partial charge in [0.2, 0.25) is 0 Å². The molecular weight excluding hydrogens is 588 g/mol. The quantitative estimate of drug-likeness (QED) is 0.0701. The second-order valence-electron chi connectivity index (χ2n) is 11.4. The lowest BCUT2D eigenvalue weighted by molar-refractivity contribution is -0.155. The van der Waals surface area contributed by atoms with E-state index in [4.69, 9.17) is 18.9 Å². The molecular formula is C32H43FN2O6SSi. The first kappa shape index (κ1) is 34.4. The average Bonchev–Trinajstić information content (AvgIpc) is 3.33. The minimum Gasteiger partial charge on any atom is -0.497 e. The molecule has 0 spiro atoms. The van der Waals surface area contributed by atoms with Crippen molar-refractivity contribution in [1.29, 1.82) is 0 Å². The second-order valence-corrected chi connectivity index (χ2v) is 18.3. The van der Waals surface area contributed by atoms with Crippen LogP contribution in [0.15, 0.2) is 48.5 Å². The van der Waals surface area contributed by atoms with Crippen LogP contribution in [-0.4, -0.2) is 63.5 Å². The summed E-state index contributed by atoms with van der Waals surface area (Å²) >= 11 is 1.35. The van der Waals surface area contributed by atoms with Gasteiger partial charge in [-0.2, -0.15) is 0 Å². The molecule has 0 radical (unpaired) electrons. The van der Waals surface area contributed by atoms with E-state index in [0.29, 0.717) is 42.3 Å². The Bertz CT molecular complexity index is 1330. The summed E-state index contributed by atoms with van der Waals surface area (Å²) in [5.74, 6) is -0.375. The molecule has 43 heavy (non-hydrogen) atoms. The second kappa shape index (κ2) is 16.7. The molecule has 0 N–H and O–H groups in total. The van der Waals surface area contributed by atoms with E-state index in [-0.39, 0.29) is 37.4 Å². The van der Waals surface area contributed by atoms with Crippen LogP contribution in [0.5, 0.6) is 5.75 Å². The monoisotopic (exact) mass is 630 g/mol. The van der Waals surface area contributed by atoms with Gasteiger partial charge in [-0.15, -0.1) is 11.3 Å². The molecule has 3 rings (SSSR count). The maximum Gasteiger partial charge on any atom is 0.358 e. The Labute approximate surface area is 259 Å². The summed E-state index contributed by atoms with van der Waals surface area (Å²) in [5.41, 5.74) is 1.77. The van der Waals surface area contributed by atoms with E-state index in [1.807, 2.05) is 13.0 Å². The fourth-order valence-corrected chi connectivity index (χ4v) is 6.01. The smallest absolute Gasteiger partial charge is 0.358 e. The van der Waals surface area contributed by atoms with E-state index in [0.717, 1.165) is 16.5 Å². The molecule has 0 aliphatic heterocycles. The van der Waals surface area contributed by atoms with Crippen molar-refractivity contribution in [2.24, 2.45) is 0 Å². The lowest BCUT2D eigenvalue weighted by Crippen LogP contribution is -2.37. The van der Waals surface area contributed by atoms with Crippen LogP contribution in [0.3, 0.4) is 0 Å². The molecule has 0 aliphatic rings. The molecule has 0 fully saturated rings. The highest BCUT2D eigenvalue weighted by atomic mass is 32.1. The summed E-state index contributed by atoms with van der Waals surface area (Å²) in [5, 5.41) is 0.611. The topological polar surface area (TPSA) is 87.2 Å². The van der Waals surface area contributed by atoms with Crippen LogP contribution < -0.4 is 4.74 Å². The van der Waals surface area contributed by atoms with Crippen molar-refractivity contribution >= 4 is 31.3 Å². The Morgan fingerprint density at radius 1 is 1.12 bits per heavy atom. The zero-order chi connectivity index (χ0) is 31.4. The van der Waals surface area contributed by atoms with E-state index in [9.17, 15) is 14.0 Å². The normalized spacial score (nSPS) is 12.2. The third-order valence-corrected chi connectivity index (χ3v) is 9.35. The number of aromatic nitrogens is 1. The maximum atomic E-state index is 14.2. The Balaban J connectivity index is 1.84. The summed E-state index contributed by atoms with van der Waals surface area (Å²) in [6.45, 7) is 11.7. The lowest BCUT2D eigenvalue weighted by Gasteiger charge is -2.27. The molecule has 8 nitrogen and oxygen atoms in total. The summed E-state index contributed by atoms with van der Waals surface area (Å²) in [7, 11) is 0.298. The van der Waals surface area contributed by atoms with Crippen molar-refractivity contribution in [3.63, 3.8) is 0 Å². The molecule has 0 unspecified atom stereocenters. The van der Waals surface area contributed by atoms with Crippen molar-refractivity contribution in [1.82, 2.24) is 9.88 Å². The fourth-order valence-electron chi connectivity index (χ4n) is 4.31. The number of hydrogen-bond acceptors (Lipinski definition) is 8. The van der Waals surface area contributed by atoms with Gasteiger partial charge >= 0.3 is 5.97 Å². The molecule has 0 aliphatic carbocycles. The first-order valence-electron chi connectivity index (χ1n) is 14.5. The number of hydrogen-bond donors (Lipinski definition) is 0. The van der Waals surface area contributed by atoms with Gasteiger partial charge < -0.3 is 23.8 Å². The zero-order valence-electron chi connectivity index (χ0n) is 26.0. The number of methoxy groups -OCH3 is 1. The van der Waals surface area contributed by atoms with E-state index in [2.05, 4.69) is 24.6 Å². The van der Waals surface area contributed by atoms with Gasteiger partial charge in [-0.1, -0.05) is 43.9 Å². The van der Waals surface area contributed by atoms with E-state index in [1.54, 1.807) is 49.3 Å². The van der Waals surface area contributed by atoms with Crippen molar-refractivity contribution in [3.8, 4) is 5.75 Å². The SMILES string of the molecule is CCOC(=O)c1nc(CN(CCCc2cccc(F)c2)C(=O)[C@H](OCOCC[Si](C)(C)C)c2ccc(OC)cc2)sc1C. The molecule has 3 aromatic rings. The number of ether oxygens (including phenoxy) is 4. The van der Waals surface area contributed by atoms with Crippen LogP contribution in [0, 0.1) is 12.7 Å². The molecule has 0 saturated heterocycles. The largest absolute Gasteiger partial charge is 0.497 e. The Morgan fingerprint density at radius 2 is 1.86 bits per heavy atom. The van der Waals surface area contributed by atoms with Crippen LogP contribution in [-0.2, 0) is 32.0 Å². The number of carbonyl (C=O) groups excluding carboxylic acids is 2. The standard InChI is InChI=1S/C32H43FN2O6SSi/c1-7-40-32(37)29-23(2)42-28(34-29)21-35(17-9-11-24-10-8-12-26(33)20-24)31(36)30(25-13-15-27(38-3)16-14-25)41-22-39-18-19-43(4,5)6/h8,10,12-16,20,30H,7,9,11,17-19,21-22H2,1-6H3/t30-/m1/s1. The minimum absolute atomic E-state index is 0.0343. The molecule has 234 valence electrons. The number of carbonyl (C=O) groups is 2. The first-order valence-corrected chi connectivity index (χ1v) is 19.0. The Hall–Kier alpha value is -3.12. The summed E-state index contributed by atoms with van der Waals surface area (Å²) in [4.78, 5) is 33.5. The Kier molecular flexibility index (Phi) is 13.3. The van der Waals surface area contributed by atoms with Gasteiger partial charge in [-0.3, -0.25) is 4.79 Å². The highest BCUT2D eigenvalue weighted by Gasteiger charge is 2.29. The van der Waals surface area contributed by atoms with Gasteiger partial charge in [-0.25, -0.2) is 14.2 Å². The fraction of sp³-hybridized carbons (Fsp3) is 0.469. The van der Waals surface area contributed by atoms with Crippen LogP contribution in [0.2, 0.25) is 25.7 Å². The summed E-state index contributed by atoms with van der Waals surface area (Å²) < 4.78 is 36.1. The molecule has 1 aromatic heterocycles. The first-order chi connectivity index (χ1) is 20.5. The average molecular weight is 631 g/mol. The zero-order valence-corrected chi connectivity index (χ0v) is 27.8. The summed E-state index contributed by atoms with van der Waals surface area (Å²) in [6, 6.07) is 14.6. The van der Waals surface area contributed by atoms with E-state index < -0.39 is 20.1 Å². The predicted octanol–water partition coefficient (Wildman–Crippen LogP) is 6.81. The number of aryl methyl sites for hydroxylation is 2. The Morgan fingerprint density at radius 3 is 2.51 bits per heavy atom. The van der Waals surface area contributed by atoms with Crippen molar-refractivity contribution in [2.45, 2.75) is 65.0 Å². The van der Waals surface area contributed by atoms with Crippen LogP contribution in [0.25, 0.3) is 0 Å². The number of nitrogens with zero attached hydrogens (tertiary/aromatic N) is 2. The number of thiazole rings is 1. The van der Waals surface area contributed by atoms with Gasteiger partial charge in [0.25, 0.3) is 5.91 Å². The van der Waals surface area contributed by atoms with E-state index in [1.165, 1.54) is 23.5 Å². The molecule has 0 bridgehead atoms. The molecule has 1 atom stereocenters. The van der Waals surface area contributed by atoms with Gasteiger partial charge in [0.1, 0.15) is 23.4 Å². The predicted molar refractivity (Wildman–Crippen MR) is 169 cm³/mol. The molecule has 2 aromatic carbocycles. The molecule has 1 amide bonds. The minimum atomic E-state index is -1.29. The van der Waals surface area contributed by atoms with Gasteiger partial charge in [0, 0.05) is 26.1 Å². The molecule has 11 heteroatoms. The number of esters is 1. The lowest BCUT2D eigenvalue weighted by atomic mass is 10.1. The van der Waals surface area contributed by atoms with Crippen LogP contribution in [0.1, 0.15) is 50.9 Å². The molecule has 0 saturated carbocycles. The number of rotatable bonds is 17. The van der Waals surface area contributed by atoms with Gasteiger partial charge in [0.15, 0.2) is 11.8 Å². The number of halogens is 1. The number of benzene rings is 2. The third-order valence-electron chi connectivity index (χ3n) is 6.69. The van der Waals surface area contributed by atoms with Crippen LogP contribution in [0.4, 0.5) is 4.39 Å². The van der Waals surface area contributed by atoms with E-state index >= 15 is 0 Å². The highest BCUT2D eigenvalue weighted by molar-refractivity contribution is 7.11. The van der Waals surface area contributed by atoms with Crippen molar-refractivity contribution < 1.29 is 32.9 Å². The molecule has 1 heterocycles. The maximum absolute atomic E-state index is 14.2. The van der Waals surface area contributed by atoms with Crippen molar-refractivity contribution in [2.75, 3.05) is 33.7 Å². The highest BCUT2D eigenvalue weighted by Crippen LogP contribution is 2.26. The summed E-state index contributed by atoms with van der Waals surface area (Å²) in [6.07, 6.45) is 0.240.